The van der Waals surface area contributed by atoms with E-state index in [0.29, 0.717) is 44.7 Å². The summed E-state index contributed by atoms with van der Waals surface area (Å²) in [5.74, 6) is -2.39. The number of nitrogens with zero attached hydrogens (tertiary/aromatic N) is 3. The van der Waals surface area contributed by atoms with Gasteiger partial charge in [0.2, 0.25) is 11.8 Å². The lowest BCUT2D eigenvalue weighted by Gasteiger charge is -2.39. The highest BCUT2D eigenvalue weighted by atomic mass is 19.2. The topological polar surface area (TPSA) is 85.8 Å². The molecule has 1 aromatic carbocycles. The summed E-state index contributed by atoms with van der Waals surface area (Å²) in [6.07, 6.45) is 2.27. The molecule has 2 aliphatic heterocycles. The summed E-state index contributed by atoms with van der Waals surface area (Å²) >= 11 is 0. The van der Waals surface area contributed by atoms with Gasteiger partial charge in [0.15, 0.2) is 11.6 Å². The summed E-state index contributed by atoms with van der Waals surface area (Å²) in [5.41, 5.74) is -0.348. The molecule has 4 rings (SSSR count). The number of aliphatic hydroxyl groups is 1. The summed E-state index contributed by atoms with van der Waals surface area (Å²) in [5, 5.41) is 13.7. The Balaban J connectivity index is 1.41. The van der Waals surface area contributed by atoms with Crippen molar-refractivity contribution in [3.8, 4) is 0 Å². The second kappa shape index (κ2) is 9.30. The third-order valence-corrected chi connectivity index (χ3v) is 6.30. The van der Waals surface area contributed by atoms with Gasteiger partial charge in [0.05, 0.1) is 18.2 Å². The SMILES string of the molecule is O=C1NCCN(Cc2cccc(F)c2F)[C@@H]1CC(=O)N1CCC(O)(c2ccccn2)CC1. The number of halogens is 2. The summed E-state index contributed by atoms with van der Waals surface area (Å²) in [6, 6.07) is 8.55. The van der Waals surface area contributed by atoms with E-state index < -0.39 is 23.3 Å². The molecule has 2 aliphatic rings. The minimum Gasteiger partial charge on any atom is -0.383 e. The molecule has 0 spiro atoms. The van der Waals surface area contributed by atoms with Crippen LogP contribution in [0.15, 0.2) is 42.6 Å². The Labute approximate surface area is 185 Å². The number of benzene rings is 1. The lowest BCUT2D eigenvalue weighted by atomic mass is 9.87. The van der Waals surface area contributed by atoms with E-state index in [2.05, 4.69) is 10.3 Å². The summed E-state index contributed by atoms with van der Waals surface area (Å²) in [7, 11) is 0. The number of hydrogen-bond donors (Lipinski definition) is 2. The van der Waals surface area contributed by atoms with Gasteiger partial charge >= 0.3 is 0 Å². The maximum absolute atomic E-state index is 14.1. The van der Waals surface area contributed by atoms with Crippen molar-refractivity contribution in [2.24, 2.45) is 0 Å². The van der Waals surface area contributed by atoms with E-state index in [1.807, 2.05) is 6.07 Å². The van der Waals surface area contributed by atoms with Gasteiger partial charge in [0.1, 0.15) is 5.60 Å². The number of carbonyl (C=O) groups is 2. The van der Waals surface area contributed by atoms with E-state index in [9.17, 15) is 23.5 Å². The molecule has 2 N–H and O–H groups in total. The van der Waals surface area contributed by atoms with Crippen molar-refractivity contribution in [2.45, 2.75) is 37.5 Å². The number of amides is 2. The molecule has 3 heterocycles. The number of pyridine rings is 1. The van der Waals surface area contributed by atoms with Gasteiger partial charge in [-0.3, -0.25) is 19.5 Å². The molecule has 2 amide bonds. The molecule has 0 bridgehead atoms. The van der Waals surface area contributed by atoms with Crippen LogP contribution in [0.2, 0.25) is 0 Å². The van der Waals surface area contributed by atoms with Gasteiger partial charge in [0.25, 0.3) is 0 Å². The molecule has 170 valence electrons. The van der Waals surface area contributed by atoms with Crippen molar-refractivity contribution >= 4 is 11.8 Å². The van der Waals surface area contributed by atoms with Gasteiger partial charge < -0.3 is 15.3 Å². The lowest BCUT2D eigenvalue weighted by molar-refractivity contribution is -0.142. The maximum Gasteiger partial charge on any atom is 0.237 e. The first-order valence-electron chi connectivity index (χ1n) is 10.7. The smallest absolute Gasteiger partial charge is 0.237 e. The maximum atomic E-state index is 14.1. The van der Waals surface area contributed by atoms with Crippen molar-refractivity contribution in [2.75, 3.05) is 26.2 Å². The van der Waals surface area contributed by atoms with E-state index in [1.54, 1.807) is 28.1 Å². The second-order valence-corrected chi connectivity index (χ2v) is 8.32. The molecule has 32 heavy (non-hydrogen) atoms. The predicted molar refractivity (Wildman–Crippen MR) is 112 cm³/mol. The van der Waals surface area contributed by atoms with Crippen LogP contribution in [0.4, 0.5) is 8.78 Å². The highest BCUT2D eigenvalue weighted by Crippen LogP contribution is 2.31. The largest absolute Gasteiger partial charge is 0.383 e. The van der Waals surface area contributed by atoms with Crippen LogP contribution in [-0.4, -0.2) is 63.9 Å². The van der Waals surface area contributed by atoms with E-state index in [1.165, 1.54) is 12.1 Å². The molecule has 0 aliphatic carbocycles. The Hall–Kier alpha value is -2.91. The van der Waals surface area contributed by atoms with Gasteiger partial charge in [0, 0.05) is 44.5 Å². The summed E-state index contributed by atoms with van der Waals surface area (Å²) in [6.45, 7) is 1.53. The van der Waals surface area contributed by atoms with E-state index in [0.717, 1.165) is 6.07 Å². The van der Waals surface area contributed by atoms with Crippen molar-refractivity contribution in [1.82, 2.24) is 20.1 Å². The average molecular weight is 444 g/mol. The molecule has 2 saturated heterocycles. The molecule has 2 fully saturated rings. The highest BCUT2D eigenvalue weighted by molar-refractivity contribution is 5.88. The van der Waals surface area contributed by atoms with Gasteiger partial charge in [-0.15, -0.1) is 0 Å². The first-order valence-corrected chi connectivity index (χ1v) is 10.7. The normalized spacial score (nSPS) is 21.3. The molecule has 2 aromatic rings. The zero-order valence-electron chi connectivity index (χ0n) is 17.6. The van der Waals surface area contributed by atoms with Crippen LogP contribution < -0.4 is 5.32 Å². The average Bonchev–Trinajstić information content (AvgIpc) is 2.80. The molecular weight excluding hydrogens is 418 g/mol. The summed E-state index contributed by atoms with van der Waals surface area (Å²) < 4.78 is 27.7. The summed E-state index contributed by atoms with van der Waals surface area (Å²) in [4.78, 5) is 33.1. The molecule has 1 atom stereocenters. The minimum atomic E-state index is -1.08. The highest BCUT2D eigenvalue weighted by Gasteiger charge is 2.38. The zero-order chi connectivity index (χ0) is 22.7. The number of piperidine rings is 1. The van der Waals surface area contributed by atoms with E-state index >= 15 is 0 Å². The first kappa shape index (κ1) is 22.3. The van der Waals surface area contributed by atoms with Crippen LogP contribution in [-0.2, 0) is 21.7 Å². The molecule has 0 saturated carbocycles. The number of hydrogen-bond acceptors (Lipinski definition) is 5. The number of piperazine rings is 1. The molecule has 0 unspecified atom stereocenters. The zero-order valence-corrected chi connectivity index (χ0v) is 17.6. The number of carbonyl (C=O) groups excluding carboxylic acids is 2. The van der Waals surface area contributed by atoms with E-state index in [-0.39, 0.29) is 30.3 Å². The van der Waals surface area contributed by atoms with Gasteiger partial charge in [-0.05, 0) is 31.0 Å². The Morgan fingerprint density at radius 3 is 2.66 bits per heavy atom. The standard InChI is InChI=1S/C23H26F2N4O3/c24-17-5-3-4-16(21(17)25)15-29-13-10-27-22(31)18(29)14-20(30)28-11-7-23(32,8-12-28)19-6-1-2-9-26-19/h1-6,9,18,32H,7-8,10-15H2,(H,27,31)/t18-/m1/s1. The molecule has 1 aromatic heterocycles. The van der Waals surface area contributed by atoms with Crippen LogP contribution in [0.5, 0.6) is 0 Å². The number of aromatic nitrogens is 1. The first-order chi connectivity index (χ1) is 15.4. The Bertz CT molecular complexity index is 980. The van der Waals surface area contributed by atoms with Crippen molar-refractivity contribution in [3.05, 3.63) is 65.5 Å². The monoisotopic (exact) mass is 444 g/mol. The molecule has 0 radical (unpaired) electrons. The van der Waals surface area contributed by atoms with Crippen LogP contribution in [0, 0.1) is 11.6 Å². The number of nitrogens with one attached hydrogen (secondary N) is 1. The fraction of sp³-hybridized carbons (Fsp3) is 0.435. The van der Waals surface area contributed by atoms with Crippen LogP contribution >= 0.6 is 0 Å². The van der Waals surface area contributed by atoms with Gasteiger partial charge in [-0.25, -0.2) is 8.78 Å². The second-order valence-electron chi connectivity index (χ2n) is 8.32. The minimum absolute atomic E-state index is 0.0361. The molecule has 7 nitrogen and oxygen atoms in total. The quantitative estimate of drug-likeness (QED) is 0.731. The lowest BCUT2D eigenvalue weighted by Crippen LogP contribution is -2.57. The number of likely N-dealkylation sites (tertiary alicyclic amines) is 1. The van der Waals surface area contributed by atoms with Crippen LogP contribution in [0.1, 0.15) is 30.5 Å². The number of rotatable bonds is 5. The van der Waals surface area contributed by atoms with Crippen molar-refractivity contribution < 1.29 is 23.5 Å². The van der Waals surface area contributed by atoms with Crippen LogP contribution in [0.3, 0.4) is 0 Å². The fourth-order valence-electron chi connectivity index (χ4n) is 4.38. The third kappa shape index (κ3) is 4.63. The van der Waals surface area contributed by atoms with Crippen LogP contribution in [0.25, 0.3) is 0 Å². The Morgan fingerprint density at radius 2 is 1.94 bits per heavy atom. The molecule has 9 heteroatoms. The Morgan fingerprint density at radius 1 is 1.16 bits per heavy atom. The predicted octanol–water partition coefficient (Wildman–Crippen LogP) is 1.56. The third-order valence-electron chi connectivity index (χ3n) is 6.30. The van der Waals surface area contributed by atoms with Gasteiger partial charge in [-0.1, -0.05) is 18.2 Å². The van der Waals surface area contributed by atoms with E-state index in [4.69, 9.17) is 0 Å². The Kier molecular flexibility index (Phi) is 6.48. The van der Waals surface area contributed by atoms with Crippen molar-refractivity contribution in [3.63, 3.8) is 0 Å². The molecular formula is C23H26F2N4O3. The van der Waals surface area contributed by atoms with Gasteiger partial charge in [-0.2, -0.15) is 0 Å². The fourth-order valence-corrected chi connectivity index (χ4v) is 4.38. The van der Waals surface area contributed by atoms with Crippen molar-refractivity contribution in [1.29, 1.82) is 0 Å².